The highest BCUT2D eigenvalue weighted by Gasteiger charge is 2.49. The second-order valence-electron chi connectivity index (χ2n) is 10.9. The quantitative estimate of drug-likeness (QED) is 0.174. The van der Waals surface area contributed by atoms with Gasteiger partial charge in [0.15, 0.2) is 12.6 Å². The van der Waals surface area contributed by atoms with E-state index >= 15 is 0 Å². The summed E-state index contributed by atoms with van der Waals surface area (Å²) in [6.45, 7) is 2.88. The molecule has 2 fully saturated rings. The van der Waals surface area contributed by atoms with Crippen molar-refractivity contribution in [2.45, 2.75) is 134 Å². The Morgan fingerprint density at radius 3 is 1.95 bits per heavy atom. The summed E-state index contributed by atoms with van der Waals surface area (Å²) in [4.78, 5) is 12.4. The molecule has 0 aromatic heterocycles. The van der Waals surface area contributed by atoms with E-state index in [2.05, 4.69) is 6.92 Å². The van der Waals surface area contributed by atoms with Gasteiger partial charge in [-0.05, 0) is 18.6 Å². The summed E-state index contributed by atoms with van der Waals surface area (Å²) >= 11 is 0. The maximum Gasteiger partial charge on any atom is 0.338 e. The SMILES string of the molecule is CCCCCCCCCCCCCCCCOC(=O)c1ccc(C2OC[C@H]3O[C@H](OC)[C@H](O)[C@@H](O)[C@@H]3O2)cc1. The van der Waals surface area contributed by atoms with Crippen LogP contribution in [-0.4, -0.2) is 67.2 Å². The Balaban J connectivity index is 1.24. The predicted octanol–water partition coefficient (Wildman–Crippen LogP) is 5.83. The van der Waals surface area contributed by atoms with E-state index in [0.29, 0.717) is 17.7 Å². The number of esters is 1. The third-order valence-corrected chi connectivity index (χ3v) is 7.72. The summed E-state index contributed by atoms with van der Waals surface area (Å²) in [5.74, 6) is -0.341. The van der Waals surface area contributed by atoms with Crippen molar-refractivity contribution < 1.29 is 38.7 Å². The van der Waals surface area contributed by atoms with Crippen molar-refractivity contribution in [1.29, 1.82) is 0 Å². The first kappa shape index (κ1) is 32.0. The Labute approximate surface area is 234 Å². The lowest BCUT2D eigenvalue weighted by Crippen LogP contribution is -2.62. The minimum atomic E-state index is -1.22. The topological polar surface area (TPSA) is 104 Å². The fourth-order valence-electron chi connectivity index (χ4n) is 5.26. The van der Waals surface area contributed by atoms with Crippen LogP contribution in [-0.2, 0) is 23.7 Å². The minimum Gasteiger partial charge on any atom is -0.462 e. The number of methoxy groups -OCH3 is 1. The van der Waals surface area contributed by atoms with Crippen LogP contribution in [0.1, 0.15) is 119 Å². The van der Waals surface area contributed by atoms with Gasteiger partial charge < -0.3 is 33.9 Å². The molecule has 0 spiro atoms. The Kier molecular flexibility index (Phi) is 14.8. The molecule has 0 saturated carbocycles. The molecular weight excluding hydrogens is 500 g/mol. The molecule has 222 valence electrons. The lowest BCUT2D eigenvalue weighted by atomic mass is 9.98. The third-order valence-electron chi connectivity index (χ3n) is 7.72. The third kappa shape index (κ3) is 10.4. The zero-order valence-corrected chi connectivity index (χ0v) is 23.9. The summed E-state index contributed by atoms with van der Waals surface area (Å²) in [5.41, 5.74) is 1.17. The van der Waals surface area contributed by atoms with Crippen LogP contribution in [0, 0.1) is 0 Å². The molecule has 2 N–H and O–H groups in total. The molecule has 2 aliphatic heterocycles. The fraction of sp³-hybridized carbons (Fsp3) is 0.774. The van der Waals surface area contributed by atoms with Crippen LogP contribution in [0.3, 0.4) is 0 Å². The van der Waals surface area contributed by atoms with E-state index in [1.807, 2.05) is 0 Å². The highest BCUT2D eigenvalue weighted by Crippen LogP contribution is 2.34. The summed E-state index contributed by atoms with van der Waals surface area (Å²) in [6.07, 6.45) is 12.7. The first-order valence-corrected chi connectivity index (χ1v) is 15.1. The number of hydrogen-bond donors (Lipinski definition) is 2. The number of hydrogen-bond acceptors (Lipinski definition) is 8. The minimum absolute atomic E-state index is 0.183. The molecule has 0 radical (unpaired) electrons. The van der Waals surface area contributed by atoms with Gasteiger partial charge in [0.05, 0.1) is 18.8 Å². The largest absolute Gasteiger partial charge is 0.462 e. The molecule has 0 aliphatic carbocycles. The van der Waals surface area contributed by atoms with Gasteiger partial charge in [0.25, 0.3) is 0 Å². The molecule has 0 bridgehead atoms. The van der Waals surface area contributed by atoms with E-state index in [1.54, 1.807) is 24.3 Å². The zero-order chi connectivity index (χ0) is 27.9. The summed E-state index contributed by atoms with van der Waals surface area (Å²) in [5, 5.41) is 20.6. The van der Waals surface area contributed by atoms with Crippen LogP contribution in [0.4, 0.5) is 0 Å². The van der Waals surface area contributed by atoms with Crippen molar-refractivity contribution >= 4 is 5.97 Å². The van der Waals surface area contributed by atoms with Crippen molar-refractivity contribution in [1.82, 2.24) is 0 Å². The highest BCUT2D eigenvalue weighted by molar-refractivity contribution is 5.89. The zero-order valence-electron chi connectivity index (χ0n) is 23.9. The van der Waals surface area contributed by atoms with Crippen LogP contribution in [0.25, 0.3) is 0 Å². The standard InChI is InChI=1S/C31H50O8/c1-3-4-5-6-7-8-9-10-11-12-13-14-15-16-21-36-29(34)23-17-19-24(20-18-23)30-37-22-25-28(39-30)26(32)27(33)31(35-2)38-25/h17-20,25-28,30-33H,3-16,21-22H2,1-2H3/t25-,26-,27-,28-,30?,31+/m1/s1. The molecule has 39 heavy (non-hydrogen) atoms. The molecular formula is C31H50O8. The Morgan fingerprint density at radius 2 is 1.38 bits per heavy atom. The molecule has 2 saturated heterocycles. The van der Waals surface area contributed by atoms with E-state index in [4.69, 9.17) is 23.7 Å². The Bertz CT molecular complexity index is 798. The molecule has 0 amide bonds. The van der Waals surface area contributed by atoms with E-state index in [0.717, 1.165) is 12.8 Å². The van der Waals surface area contributed by atoms with Crippen molar-refractivity contribution in [2.75, 3.05) is 20.3 Å². The Morgan fingerprint density at radius 1 is 0.821 bits per heavy atom. The van der Waals surface area contributed by atoms with Crippen molar-refractivity contribution in [2.24, 2.45) is 0 Å². The predicted molar refractivity (Wildman–Crippen MR) is 148 cm³/mol. The average Bonchev–Trinajstić information content (AvgIpc) is 2.96. The van der Waals surface area contributed by atoms with Gasteiger partial charge in [-0.2, -0.15) is 0 Å². The van der Waals surface area contributed by atoms with Gasteiger partial charge >= 0.3 is 5.97 Å². The second kappa shape index (κ2) is 18.0. The molecule has 8 heteroatoms. The van der Waals surface area contributed by atoms with Gasteiger partial charge in [0, 0.05) is 12.7 Å². The van der Waals surface area contributed by atoms with Gasteiger partial charge in [-0.25, -0.2) is 4.79 Å². The highest BCUT2D eigenvalue weighted by atomic mass is 16.7. The van der Waals surface area contributed by atoms with Crippen LogP contribution in [0.2, 0.25) is 0 Å². The Hall–Kier alpha value is -1.55. The molecule has 3 rings (SSSR count). The number of aliphatic hydroxyl groups is 2. The summed E-state index contributed by atoms with van der Waals surface area (Å²) in [7, 11) is 1.40. The number of fused-ring (bicyclic) bond motifs is 1. The van der Waals surface area contributed by atoms with E-state index in [9.17, 15) is 15.0 Å². The van der Waals surface area contributed by atoms with E-state index < -0.39 is 37.0 Å². The van der Waals surface area contributed by atoms with E-state index in [1.165, 1.54) is 84.2 Å². The molecule has 2 heterocycles. The maximum absolute atomic E-state index is 12.4. The smallest absolute Gasteiger partial charge is 0.338 e. The number of aliphatic hydroxyl groups excluding tert-OH is 2. The summed E-state index contributed by atoms with van der Waals surface area (Å²) in [6, 6.07) is 6.87. The number of benzene rings is 1. The second-order valence-corrected chi connectivity index (χ2v) is 10.9. The fourth-order valence-corrected chi connectivity index (χ4v) is 5.26. The van der Waals surface area contributed by atoms with Gasteiger partial charge in [-0.15, -0.1) is 0 Å². The van der Waals surface area contributed by atoms with Gasteiger partial charge in [-0.3, -0.25) is 0 Å². The molecule has 2 aliphatic rings. The van der Waals surface area contributed by atoms with Crippen molar-refractivity contribution in [3.05, 3.63) is 35.4 Å². The van der Waals surface area contributed by atoms with Crippen LogP contribution >= 0.6 is 0 Å². The summed E-state index contributed by atoms with van der Waals surface area (Å²) < 4.78 is 27.8. The first-order chi connectivity index (χ1) is 19.0. The van der Waals surface area contributed by atoms with Gasteiger partial charge in [0.2, 0.25) is 0 Å². The monoisotopic (exact) mass is 550 g/mol. The number of rotatable bonds is 18. The first-order valence-electron chi connectivity index (χ1n) is 15.1. The van der Waals surface area contributed by atoms with Crippen molar-refractivity contribution in [3.8, 4) is 0 Å². The molecule has 1 unspecified atom stereocenters. The normalized spacial score (nSPS) is 26.8. The van der Waals surface area contributed by atoms with Crippen LogP contribution < -0.4 is 0 Å². The molecule has 6 atom stereocenters. The van der Waals surface area contributed by atoms with E-state index in [-0.39, 0.29) is 12.6 Å². The van der Waals surface area contributed by atoms with Gasteiger partial charge in [0.1, 0.15) is 24.4 Å². The lowest BCUT2D eigenvalue weighted by Gasteiger charge is -2.45. The van der Waals surface area contributed by atoms with Crippen molar-refractivity contribution in [3.63, 3.8) is 0 Å². The van der Waals surface area contributed by atoms with Crippen LogP contribution in [0.15, 0.2) is 24.3 Å². The van der Waals surface area contributed by atoms with Crippen LogP contribution in [0.5, 0.6) is 0 Å². The average molecular weight is 551 g/mol. The molecule has 8 nitrogen and oxygen atoms in total. The number of unbranched alkanes of at least 4 members (excludes halogenated alkanes) is 13. The lowest BCUT2D eigenvalue weighted by molar-refractivity contribution is -0.358. The van der Waals surface area contributed by atoms with Gasteiger partial charge in [-0.1, -0.05) is 103 Å². The number of carbonyl (C=O) groups excluding carboxylic acids is 1. The maximum atomic E-state index is 12.4. The number of ether oxygens (including phenoxy) is 5. The number of carbonyl (C=O) groups is 1. The molecule has 1 aromatic carbocycles. The molecule has 1 aromatic rings.